The van der Waals surface area contributed by atoms with Gasteiger partial charge in [0.25, 0.3) is 0 Å². The number of aliphatic hydroxyl groups excluding tert-OH is 1. The van der Waals surface area contributed by atoms with Crippen LogP contribution in [0.2, 0.25) is 0 Å². The summed E-state index contributed by atoms with van der Waals surface area (Å²) in [4.78, 5) is -0.295. The van der Waals surface area contributed by atoms with Gasteiger partial charge in [0.05, 0.1) is 6.61 Å². The molecule has 0 amide bonds. The van der Waals surface area contributed by atoms with Gasteiger partial charge in [-0.15, -0.1) is 0 Å². The standard InChI is InChI=1S/C16H26FNO3S/c1-11(18-13(10-19)9-16(2,3)4)12-6-7-15(14(17)8-12)22(5,20)21/h6-8,11,13,18-19H,9-10H2,1-5H3. The van der Waals surface area contributed by atoms with E-state index in [0.717, 1.165) is 12.7 Å². The van der Waals surface area contributed by atoms with Gasteiger partial charge in [0.1, 0.15) is 10.7 Å². The highest BCUT2D eigenvalue weighted by atomic mass is 32.2. The van der Waals surface area contributed by atoms with Crippen LogP contribution in [0.1, 0.15) is 45.7 Å². The molecular formula is C16H26FNO3S. The van der Waals surface area contributed by atoms with E-state index in [2.05, 4.69) is 26.1 Å². The van der Waals surface area contributed by atoms with Crippen LogP contribution in [0.5, 0.6) is 0 Å². The topological polar surface area (TPSA) is 66.4 Å². The van der Waals surface area contributed by atoms with Crippen LogP contribution in [0, 0.1) is 11.2 Å². The Hall–Kier alpha value is -0.980. The first-order chi connectivity index (χ1) is 9.94. The van der Waals surface area contributed by atoms with Gasteiger partial charge in [0, 0.05) is 18.3 Å². The van der Waals surface area contributed by atoms with Crippen LogP contribution in [-0.2, 0) is 9.84 Å². The van der Waals surface area contributed by atoms with Crippen molar-refractivity contribution in [3.05, 3.63) is 29.6 Å². The summed E-state index contributed by atoms with van der Waals surface area (Å²) in [5.74, 6) is -0.745. The van der Waals surface area contributed by atoms with E-state index in [4.69, 9.17) is 0 Å². The second-order valence-electron chi connectivity index (χ2n) is 6.99. The fraction of sp³-hybridized carbons (Fsp3) is 0.625. The minimum absolute atomic E-state index is 0.00842. The molecule has 0 aliphatic rings. The first-order valence-electron chi connectivity index (χ1n) is 7.30. The summed E-state index contributed by atoms with van der Waals surface area (Å²) in [6.07, 6.45) is 1.76. The lowest BCUT2D eigenvalue weighted by molar-refractivity contribution is 0.190. The zero-order chi connectivity index (χ0) is 17.1. The molecule has 1 aromatic rings. The van der Waals surface area contributed by atoms with E-state index in [-0.39, 0.29) is 29.0 Å². The van der Waals surface area contributed by atoms with Crippen LogP contribution in [0.4, 0.5) is 4.39 Å². The van der Waals surface area contributed by atoms with Gasteiger partial charge in [-0.05, 0) is 36.5 Å². The highest BCUT2D eigenvalue weighted by Gasteiger charge is 2.21. The third-order valence-corrected chi connectivity index (χ3v) is 4.55. The molecule has 0 bridgehead atoms. The van der Waals surface area contributed by atoms with E-state index in [1.54, 1.807) is 6.07 Å². The summed E-state index contributed by atoms with van der Waals surface area (Å²) in [7, 11) is -3.56. The first kappa shape index (κ1) is 19.1. The van der Waals surface area contributed by atoms with E-state index in [9.17, 15) is 17.9 Å². The number of hydrogen-bond donors (Lipinski definition) is 2. The number of hydrogen-bond acceptors (Lipinski definition) is 4. The molecule has 0 radical (unpaired) electrons. The van der Waals surface area contributed by atoms with Crippen molar-refractivity contribution in [3.63, 3.8) is 0 Å². The Kier molecular flexibility index (Phi) is 6.12. The minimum atomic E-state index is -3.56. The molecule has 2 N–H and O–H groups in total. The molecule has 0 aromatic heterocycles. The van der Waals surface area contributed by atoms with Gasteiger partial charge >= 0.3 is 0 Å². The maximum Gasteiger partial charge on any atom is 0.178 e. The SMILES string of the molecule is CC(NC(CO)CC(C)(C)C)c1ccc(S(C)(=O)=O)c(F)c1. The third kappa shape index (κ3) is 5.66. The van der Waals surface area contributed by atoms with Crippen molar-refractivity contribution in [3.8, 4) is 0 Å². The molecule has 0 fully saturated rings. The lowest BCUT2D eigenvalue weighted by Crippen LogP contribution is -2.37. The zero-order valence-corrected chi connectivity index (χ0v) is 14.7. The molecule has 0 saturated heterocycles. The van der Waals surface area contributed by atoms with Gasteiger partial charge in [0.2, 0.25) is 0 Å². The molecule has 0 aliphatic carbocycles. The number of rotatable bonds is 6. The van der Waals surface area contributed by atoms with Crippen LogP contribution >= 0.6 is 0 Å². The lowest BCUT2D eigenvalue weighted by atomic mass is 9.88. The fourth-order valence-corrected chi connectivity index (χ4v) is 3.18. The number of benzene rings is 1. The van der Waals surface area contributed by atoms with Gasteiger partial charge in [-0.2, -0.15) is 0 Å². The smallest absolute Gasteiger partial charge is 0.178 e. The summed E-state index contributed by atoms with van der Waals surface area (Å²) >= 11 is 0. The van der Waals surface area contributed by atoms with Crippen molar-refractivity contribution in [1.82, 2.24) is 5.32 Å². The van der Waals surface area contributed by atoms with Crippen molar-refractivity contribution >= 4 is 9.84 Å². The summed E-state index contributed by atoms with van der Waals surface area (Å²) in [5.41, 5.74) is 0.711. The number of halogens is 1. The summed E-state index contributed by atoms with van der Waals surface area (Å²) in [6.45, 7) is 8.11. The Morgan fingerprint density at radius 2 is 1.91 bits per heavy atom. The molecule has 4 nitrogen and oxygen atoms in total. The molecule has 126 valence electrons. The Balaban J connectivity index is 2.90. The van der Waals surface area contributed by atoms with Gasteiger partial charge in [-0.1, -0.05) is 26.8 Å². The van der Waals surface area contributed by atoms with E-state index in [1.807, 2.05) is 6.92 Å². The molecule has 0 saturated carbocycles. The summed E-state index contributed by atoms with van der Waals surface area (Å²) in [6, 6.07) is 3.83. The number of aliphatic hydroxyl groups is 1. The molecule has 1 rings (SSSR count). The molecule has 0 aliphatic heterocycles. The van der Waals surface area contributed by atoms with Gasteiger partial charge in [-0.3, -0.25) is 0 Å². The second kappa shape index (κ2) is 7.06. The minimum Gasteiger partial charge on any atom is -0.395 e. The van der Waals surface area contributed by atoms with Crippen LogP contribution < -0.4 is 5.32 Å². The summed E-state index contributed by atoms with van der Waals surface area (Å²) < 4.78 is 36.8. The molecule has 22 heavy (non-hydrogen) atoms. The highest BCUT2D eigenvalue weighted by Crippen LogP contribution is 2.24. The van der Waals surface area contributed by atoms with Crippen molar-refractivity contribution in [2.45, 2.75) is 51.1 Å². The maximum absolute atomic E-state index is 13.9. The Morgan fingerprint density at radius 3 is 2.32 bits per heavy atom. The van der Waals surface area contributed by atoms with E-state index in [1.165, 1.54) is 12.1 Å². The second-order valence-corrected chi connectivity index (χ2v) is 8.98. The normalized spacial score (nSPS) is 15.6. The monoisotopic (exact) mass is 331 g/mol. The average Bonchev–Trinajstić information content (AvgIpc) is 2.34. The average molecular weight is 331 g/mol. The van der Waals surface area contributed by atoms with Crippen LogP contribution in [-0.4, -0.2) is 32.4 Å². The van der Waals surface area contributed by atoms with Crippen molar-refractivity contribution < 1.29 is 17.9 Å². The zero-order valence-electron chi connectivity index (χ0n) is 13.9. The van der Waals surface area contributed by atoms with Crippen molar-refractivity contribution in [2.24, 2.45) is 5.41 Å². The highest BCUT2D eigenvalue weighted by molar-refractivity contribution is 7.90. The molecule has 2 atom stereocenters. The quantitative estimate of drug-likeness (QED) is 0.841. The molecule has 0 spiro atoms. The van der Waals surface area contributed by atoms with E-state index >= 15 is 0 Å². The Labute approximate surface area is 132 Å². The lowest BCUT2D eigenvalue weighted by Gasteiger charge is -2.28. The molecule has 0 heterocycles. The van der Waals surface area contributed by atoms with Crippen LogP contribution in [0.3, 0.4) is 0 Å². The largest absolute Gasteiger partial charge is 0.395 e. The fourth-order valence-electron chi connectivity index (χ4n) is 2.45. The van der Waals surface area contributed by atoms with E-state index in [0.29, 0.717) is 5.56 Å². The van der Waals surface area contributed by atoms with Crippen molar-refractivity contribution in [1.29, 1.82) is 0 Å². The Morgan fingerprint density at radius 1 is 1.32 bits per heavy atom. The first-order valence-corrected chi connectivity index (χ1v) is 9.19. The molecule has 2 unspecified atom stereocenters. The van der Waals surface area contributed by atoms with Crippen LogP contribution in [0.15, 0.2) is 23.1 Å². The van der Waals surface area contributed by atoms with Gasteiger partial charge < -0.3 is 10.4 Å². The maximum atomic E-state index is 13.9. The third-order valence-electron chi connectivity index (χ3n) is 3.42. The molecule has 1 aromatic carbocycles. The molecular weight excluding hydrogens is 305 g/mol. The predicted octanol–water partition coefficient (Wildman–Crippen LogP) is 2.68. The van der Waals surface area contributed by atoms with Crippen LogP contribution in [0.25, 0.3) is 0 Å². The number of nitrogens with one attached hydrogen (secondary N) is 1. The van der Waals surface area contributed by atoms with E-state index < -0.39 is 15.7 Å². The summed E-state index contributed by atoms with van der Waals surface area (Å²) in [5, 5.41) is 12.7. The van der Waals surface area contributed by atoms with Gasteiger partial charge in [0.15, 0.2) is 9.84 Å². The number of sulfone groups is 1. The van der Waals surface area contributed by atoms with Gasteiger partial charge in [-0.25, -0.2) is 12.8 Å². The van der Waals surface area contributed by atoms with Crippen molar-refractivity contribution in [2.75, 3.05) is 12.9 Å². The molecule has 6 heteroatoms. The Bertz CT molecular complexity index is 608. The predicted molar refractivity (Wildman–Crippen MR) is 86.0 cm³/mol.